The highest BCUT2D eigenvalue weighted by atomic mass is 16.5. The van der Waals surface area contributed by atoms with Crippen LogP contribution in [-0.2, 0) is 9.53 Å². The molecule has 0 bridgehead atoms. The lowest BCUT2D eigenvalue weighted by Gasteiger charge is -2.20. The van der Waals surface area contributed by atoms with Crippen LogP contribution in [0.5, 0.6) is 0 Å². The number of unbranched alkanes of at least 4 members (excludes halogenated alkanes) is 9. The summed E-state index contributed by atoms with van der Waals surface area (Å²) in [4.78, 5) is 11.8. The van der Waals surface area contributed by atoms with Crippen molar-refractivity contribution in [1.29, 1.82) is 0 Å². The Bertz CT molecular complexity index is 254. The smallest absolute Gasteiger partial charge is 0.323 e. The highest BCUT2D eigenvalue weighted by Gasteiger charge is 2.22. The fourth-order valence-corrected chi connectivity index (χ4v) is 2.69. The molecule has 1 N–H and O–H groups in total. The first kappa shape index (κ1) is 21.4. The number of ether oxygens (including phenoxy) is 1. The third kappa shape index (κ3) is 12.0. The first-order chi connectivity index (χ1) is 10.6. The maximum Gasteiger partial charge on any atom is 0.323 e. The molecule has 0 aliphatic heterocycles. The zero-order chi connectivity index (χ0) is 16.6. The maximum absolute atomic E-state index is 11.8. The summed E-state index contributed by atoms with van der Waals surface area (Å²) in [5.74, 6) is 0.173. The Labute approximate surface area is 138 Å². The lowest BCUT2D eigenvalue weighted by molar-refractivity contribution is -0.146. The molecule has 0 aromatic rings. The molecule has 0 rings (SSSR count). The summed E-state index contributed by atoms with van der Waals surface area (Å²) in [5, 5.41) is 3.35. The molecular weight excluding hydrogens is 274 g/mol. The van der Waals surface area contributed by atoms with Crippen LogP contribution in [0.4, 0.5) is 0 Å². The molecule has 22 heavy (non-hydrogen) atoms. The third-order valence-corrected chi connectivity index (χ3v) is 4.10. The maximum atomic E-state index is 11.8. The van der Waals surface area contributed by atoms with Crippen molar-refractivity contribution in [1.82, 2.24) is 5.32 Å². The number of rotatable bonds is 15. The van der Waals surface area contributed by atoms with Gasteiger partial charge in [0, 0.05) is 0 Å². The van der Waals surface area contributed by atoms with E-state index in [0.717, 1.165) is 13.0 Å². The van der Waals surface area contributed by atoms with Crippen LogP contribution in [0, 0.1) is 5.92 Å². The summed E-state index contributed by atoms with van der Waals surface area (Å²) in [5.41, 5.74) is 0. The van der Waals surface area contributed by atoms with Gasteiger partial charge in [-0.25, -0.2) is 0 Å². The van der Waals surface area contributed by atoms with Crippen LogP contribution in [0.1, 0.15) is 91.9 Å². The van der Waals surface area contributed by atoms with Crippen molar-refractivity contribution in [3.63, 3.8) is 0 Å². The molecule has 0 aliphatic rings. The minimum atomic E-state index is -0.154. The van der Waals surface area contributed by atoms with E-state index in [1.165, 1.54) is 57.8 Å². The molecule has 0 aliphatic carbocycles. The average molecular weight is 314 g/mol. The number of carbonyl (C=O) groups is 1. The van der Waals surface area contributed by atoms with Gasteiger partial charge >= 0.3 is 5.97 Å². The first-order valence-electron chi connectivity index (χ1n) is 9.53. The highest BCUT2D eigenvalue weighted by molar-refractivity contribution is 5.76. The molecule has 132 valence electrons. The van der Waals surface area contributed by atoms with Gasteiger partial charge < -0.3 is 10.1 Å². The molecule has 1 atom stereocenters. The van der Waals surface area contributed by atoms with Gasteiger partial charge in [-0.15, -0.1) is 0 Å². The van der Waals surface area contributed by atoms with Gasteiger partial charge in [0.1, 0.15) is 6.04 Å². The van der Waals surface area contributed by atoms with E-state index in [-0.39, 0.29) is 17.9 Å². The predicted molar refractivity (Wildman–Crippen MR) is 95.1 cm³/mol. The Morgan fingerprint density at radius 3 is 1.82 bits per heavy atom. The molecule has 3 heteroatoms. The molecule has 0 spiro atoms. The molecule has 0 saturated carbocycles. The number of nitrogens with one attached hydrogen (secondary N) is 1. The van der Waals surface area contributed by atoms with Crippen molar-refractivity contribution in [3.05, 3.63) is 0 Å². The Kier molecular flexibility index (Phi) is 14.9. The largest absolute Gasteiger partial charge is 0.465 e. The molecule has 0 saturated heterocycles. The fraction of sp³-hybridized carbons (Fsp3) is 0.947. The van der Waals surface area contributed by atoms with Crippen LogP contribution < -0.4 is 5.32 Å². The second-order valence-electron chi connectivity index (χ2n) is 6.61. The van der Waals surface area contributed by atoms with E-state index in [1.54, 1.807) is 0 Å². The van der Waals surface area contributed by atoms with Gasteiger partial charge in [-0.05, 0) is 25.8 Å². The number of esters is 1. The lowest BCUT2D eigenvalue weighted by atomic mass is 10.0. The van der Waals surface area contributed by atoms with Crippen molar-refractivity contribution >= 4 is 5.97 Å². The Morgan fingerprint density at radius 1 is 0.864 bits per heavy atom. The lowest BCUT2D eigenvalue weighted by Crippen LogP contribution is -2.42. The molecule has 3 nitrogen and oxygen atoms in total. The van der Waals surface area contributed by atoms with Crippen LogP contribution in [0.3, 0.4) is 0 Å². The molecule has 1 unspecified atom stereocenters. The molecular formula is C19H39NO2. The van der Waals surface area contributed by atoms with E-state index in [1.807, 2.05) is 6.92 Å². The monoisotopic (exact) mass is 313 g/mol. The summed E-state index contributed by atoms with van der Waals surface area (Å²) in [7, 11) is 0. The van der Waals surface area contributed by atoms with Crippen LogP contribution in [0.15, 0.2) is 0 Å². The van der Waals surface area contributed by atoms with E-state index < -0.39 is 0 Å². The van der Waals surface area contributed by atoms with E-state index in [2.05, 4.69) is 26.1 Å². The summed E-state index contributed by atoms with van der Waals surface area (Å²) in [6, 6.07) is -0.154. The van der Waals surface area contributed by atoms with Crippen molar-refractivity contribution in [3.8, 4) is 0 Å². The Hall–Kier alpha value is -0.570. The van der Waals surface area contributed by atoms with Crippen molar-refractivity contribution < 1.29 is 9.53 Å². The molecule has 0 amide bonds. The molecule has 0 fully saturated rings. The first-order valence-corrected chi connectivity index (χ1v) is 9.53. The minimum Gasteiger partial charge on any atom is -0.465 e. The summed E-state index contributed by atoms with van der Waals surface area (Å²) in [6.07, 6.45) is 13.4. The van der Waals surface area contributed by atoms with Gasteiger partial charge in [0.05, 0.1) is 6.61 Å². The van der Waals surface area contributed by atoms with Gasteiger partial charge in [0.25, 0.3) is 0 Å². The van der Waals surface area contributed by atoms with E-state index in [0.29, 0.717) is 6.61 Å². The summed E-state index contributed by atoms with van der Waals surface area (Å²) < 4.78 is 5.11. The number of hydrogen-bond donors (Lipinski definition) is 1. The highest BCUT2D eigenvalue weighted by Crippen LogP contribution is 2.10. The summed E-state index contributed by atoms with van der Waals surface area (Å²) >= 11 is 0. The van der Waals surface area contributed by atoms with Crippen molar-refractivity contribution in [2.45, 2.75) is 97.9 Å². The van der Waals surface area contributed by atoms with Crippen molar-refractivity contribution in [2.24, 2.45) is 5.92 Å². The molecule has 0 aromatic heterocycles. The molecule has 0 heterocycles. The Balaban J connectivity index is 3.48. The quantitative estimate of drug-likeness (QED) is 0.338. The van der Waals surface area contributed by atoms with Gasteiger partial charge in [-0.2, -0.15) is 0 Å². The van der Waals surface area contributed by atoms with E-state index in [9.17, 15) is 4.79 Å². The standard InChI is InChI=1S/C19H39NO2/c1-5-7-8-9-10-11-12-13-14-15-16-20-18(17(3)4)19(21)22-6-2/h17-18,20H,5-16H2,1-4H3. The van der Waals surface area contributed by atoms with Crippen LogP contribution in [0.2, 0.25) is 0 Å². The van der Waals surface area contributed by atoms with Crippen LogP contribution in [-0.4, -0.2) is 25.2 Å². The zero-order valence-electron chi connectivity index (χ0n) is 15.5. The summed E-state index contributed by atoms with van der Waals surface area (Å²) in [6.45, 7) is 9.62. The number of carbonyl (C=O) groups excluding carboxylic acids is 1. The molecule has 0 aromatic carbocycles. The number of hydrogen-bond acceptors (Lipinski definition) is 3. The second kappa shape index (κ2) is 15.3. The third-order valence-electron chi connectivity index (χ3n) is 4.10. The van der Waals surface area contributed by atoms with Gasteiger partial charge in [0.2, 0.25) is 0 Å². The SMILES string of the molecule is CCCCCCCCCCCCNC(C(=O)OCC)C(C)C. The zero-order valence-corrected chi connectivity index (χ0v) is 15.5. The average Bonchev–Trinajstić information content (AvgIpc) is 2.48. The van der Waals surface area contributed by atoms with Gasteiger partial charge in [-0.1, -0.05) is 78.6 Å². The topological polar surface area (TPSA) is 38.3 Å². The van der Waals surface area contributed by atoms with E-state index in [4.69, 9.17) is 4.74 Å². The Morgan fingerprint density at radius 2 is 1.36 bits per heavy atom. The van der Waals surface area contributed by atoms with Gasteiger partial charge in [0.15, 0.2) is 0 Å². The van der Waals surface area contributed by atoms with Crippen LogP contribution >= 0.6 is 0 Å². The fourth-order valence-electron chi connectivity index (χ4n) is 2.69. The van der Waals surface area contributed by atoms with Crippen LogP contribution in [0.25, 0.3) is 0 Å². The molecule has 0 radical (unpaired) electrons. The predicted octanol–water partition coefficient (Wildman–Crippen LogP) is 5.08. The van der Waals surface area contributed by atoms with Gasteiger partial charge in [-0.3, -0.25) is 4.79 Å². The van der Waals surface area contributed by atoms with E-state index >= 15 is 0 Å². The normalized spacial score (nSPS) is 12.6. The van der Waals surface area contributed by atoms with Crippen molar-refractivity contribution in [2.75, 3.05) is 13.2 Å². The second-order valence-corrected chi connectivity index (χ2v) is 6.61. The minimum absolute atomic E-state index is 0.107.